The zero-order chi connectivity index (χ0) is 11.3. The number of carbonyl (C=O) groups is 1. The monoisotopic (exact) mass is 210 g/mol. The number of aliphatic hydroxyl groups is 1. The molecule has 0 radical (unpaired) electrons. The highest BCUT2D eigenvalue weighted by Crippen LogP contribution is 2.17. The number of hydrogen-bond acceptors (Lipinski definition) is 4. The topological polar surface area (TPSA) is 66.8 Å². The number of aliphatic hydroxyl groups excluding tert-OH is 1. The van der Waals surface area contributed by atoms with Gasteiger partial charge in [0.1, 0.15) is 11.3 Å². The van der Waals surface area contributed by atoms with Crippen molar-refractivity contribution in [3.05, 3.63) is 29.8 Å². The van der Waals surface area contributed by atoms with E-state index in [0.29, 0.717) is 6.42 Å². The number of benzene rings is 1. The van der Waals surface area contributed by atoms with Gasteiger partial charge in [-0.2, -0.15) is 0 Å². The predicted octanol–water partition coefficient (Wildman–Crippen LogP) is 1.67. The first kappa shape index (κ1) is 11.5. The number of ether oxygens (including phenoxy) is 1. The van der Waals surface area contributed by atoms with Crippen molar-refractivity contribution in [3.63, 3.8) is 0 Å². The van der Waals surface area contributed by atoms with E-state index in [0.717, 1.165) is 6.42 Å². The summed E-state index contributed by atoms with van der Waals surface area (Å²) >= 11 is 0. The number of hydrogen-bond donors (Lipinski definition) is 2. The van der Waals surface area contributed by atoms with Crippen LogP contribution in [-0.4, -0.2) is 22.5 Å². The molecule has 4 nitrogen and oxygen atoms in total. The maximum Gasteiger partial charge on any atom is 0.344 e. The van der Waals surface area contributed by atoms with E-state index in [4.69, 9.17) is 4.74 Å². The average Bonchev–Trinajstić information content (AvgIpc) is 2.18. The maximum atomic E-state index is 11.4. The molecule has 0 fully saturated rings. The second-order valence-electron chi connectivity index (χ2n) is 3.17. The third-order valence-corrected chi connectivity index (χ3v) is 1.90. The SMILES string of the molecule is CCCC(O)OC(=O)c1ccccc1O. The molecule has 1 atom stereocenters. The molecule has 0 amide bonds. The summed E-state index contributed by atoms with van der Waals surface area (Å²) in [5, 5.41) is 18.6. The van der Waals surface area contributed by atoms with Crippen molar-refractivity contribution < 1.29 is 19.7 Å². The molecule has 4 heteroatoms. The van der Waals surface area contributed by atoms with Gasteiger partial charge in [0.15, 0.2) is 0 Å². The van der Waals surface area contributed by atoms with Crippen molar-refractivity contribution in [2.45, 2.75) is 26.1 Å². The van der Waals surface area contributed by atoms with Crippen LogP contribution < -0.4 is 0 Å². The summed E-state index contributed by atoms with van der Waals surface area (Å²) in [6.07, 6.45) is -0.00345. The summed E-state index contributed by atoms with van der Waals surface area (Å²) < 4.78 is 4.71. The molecule has 1 aromatic carbocycles. The van der Waals surface area contributed by atoms with E-state index >= 15 is 0 Å². The van der Waals surface area contributed by atoms with Gasteiger partial charge in [0.05, 0.1) is 0 Å². The van der Waals surface area contributed by atoms with Crippen LogP contribution in [0.4, 0.5) is 0 Å². The quantitative estimate of drug-likeness (QED) is 0.586. The second-order valence-corrected chi connectivity index (χ2v) is 3.17. The third kappa shape index (κ3) is 3.25. The summed E-state index contributed by atoms with van der Waals surface area (Å²) in [6, 6.07) is 6.05. The molecule has 0 saturated heterocycles. The van der Waals surface area contributed by atoms with Gasteiger partial charge in [0, 0.05) is 6.42 Å². The van der Waals surface area contributed by atoms with Crippen LogP contribution in [0.3, 0.4) is 0 Å². The maximum absolute atomic E-state index is 11.4. The van der Waals surface area contributed by atoms with Crippen LogP contribution in [-0.2, 0) is 4.74 Å². The van der Waals surface area contributed by atoms with Crippen molar-refractivity contribution >= 4 is 5.97 Å². The largest absolute Gasteiger partial charge is 0.507 e. The summed E-state index contributed by atoms with van der Waals surface area (Å²) in [4.78, 5) is 11.4. The molecule has 82 valence electrons. The lowest BCUT2D eigenvalue weighted by Gasteiger charge is -2.11. The van der Waals surface area contributed by atoms with Crippen LogP contribution >= 0.6 is 0 Å². The smallest absolute Gasteiger partial charge is 0.344 e. The summed E-state index contributed by atoms with van der Waals surface area (Å²) in [7, 11) is 0. The van der Waals surface area contributed by atoms with Crippen molar-refractivity contribution in [3.8, 4) is 5.75 Å². The first-order chi connectivity index (χ1) is 7.15. The average molecular weight is 210 g/mol. The Morgan fingerprint density at radius 3 is 2.73 bits per heavy atom. The molecule has 0 heterocycles. The number of phenols is 1. The van der Waals surface area contributed by atoms with Crippen LogP contribution in [0.5, 0.6) is 5.75 Å². The second kappa shape index (κ2) is 5.36. The number of para-hydroxylation sites is 1. The fourth-order valence-corrected chi connectivity index (χ4v) is 1.14. The normalized spacial score (nSPS) is 12.1. The number of phenolic OH excluding ortho intramolecular Hbond substituents is 1. The molecule has 15 heavy (non-hydrogen) atoms. The van der Waals surface area contributed by atoms with Crippen LogP contribution in [0.1, 0.15) is 30.1 Å². The number of rotatable bonds is 4. The van der Waals surface area contributed by atoms with Crippen LogP contribution in [0, 0.1) is 0 Å². The lowest BCUT2D eigenvalue weighted by Crippen LogP contribution is -2.17. The number of carbonyl (C=O) groups excluding carboxylic acids is 1. The molecule has 0 aliphatic carbocycles. The summed E-state index contributed by atoms with van der Waals surface area (Å²) in [6.45, 7) is 1.87. The minimum atomic E-state index is -1.11. The first-order valence-corrected chi connectivity index (χ1v) is 4.82. The molecule has 0 aliphatic heterocycles. The highest BCUT2D eigenvalue weighted by atomic mass is 16.6. The predicted molar refractivity (Wildman–Crippen MR) is 54.4 cm³/mol. The van der Waals surface area contributed by atoms with Crippen molar-refractivity contribution in [2.75, 3.05) is 0 Å². The zero-order valence-corrected chi connectivity index (χ0v) is 8.51. The van der Waals surface area contributed by atoms with E-state index in [1.165, 1.54) is 12.1 Å². The Bertz CT molecular complexity index is 335. The van der Waals surface area contributed by atoms with Gasteiger partial charge in [0.25, 0.3) is 0 Å². The van der Waals surface area contributed by atoms with Gasteiger partial charge in [-0.25, -0.2) is 4.79 Å². The van der Waals surface area contributed by atoms with Crippen LogP contribution in [0.25, 0.3) is 0 Å². The van der Waals surface area contributed by atoms with Gasteiger partial charge in [-0.3, -0.25) is 0 Å². The molecule has 0 bridgehead atoms. The van der Waals surface area contributed by atoms with Crippen molar-refractivity contribution in [2.24, 2.45) is 0 Å². The molecule has 0 aliphatic rings. The van der Waals surface area contributed by atoms with Gasteiger partial charge in [-0.1, -0.05) is 25.5 Å². The van der Waals surface area contributed by atoms with Gasteiger partial charge in [-0.15, -0.1) is 0 Å². The summed E-state index contributed by atoms with van der Waals surface area (Å²) in [5.74, 6) is -0.861. The molecule has 2 N–H and O–H groups in total. The number of aromatic hydroxyl groups is 1. The lowest BCUT2D eigenvalue weighted by molar-refractivity contribution is -0.0686. The standard InChI is InChI=1S/C11H14O4/c1-2-5-10(13)15-11(14)8-6-3-4-7-9(8)12/h3-4,6-7,10,12-13H,2,5H2,1H3. The fourth-order valence-electron chi connectivity index (χ4n) is 1.14. The molecular formula is C11H14O4. The van der Waals surface area contributed by atoms with Crippen LogP contribution in [0.2, 0.25) is 0 Å². The van der Waals surface area contributed by atoms with Crippen molar-refractivity contribution in [1.29, 1.82) is 0 Å². The first-order valence-electron chi connectivity index (χ1n) is 4.82. The van der Waals surface area contributed by atoms with Crippen molar-refractivity contribution in [1.82, 2.24) is 0 Å². The Morgan fingerprint density at radius 1 is 1.47 bits per heavy atom. The Kier molecular flexibility index (Phi) is 4.12. The molecule has 0 saturated carbocycles. The van der Waals surface area contributed by atoms with E-state index in [9.17, 15) is 15.0 Å². The molecule has 1 unspecified atom stereocenters. The third-order valence-electron chi connectivity index (χ3n) is 1.90. The summed E-state index contributed by atoms with van der Waals surface area (Å²) in [5.41, 5.74) is 0.0626. The Hall–Kier alpha value is -1.55. The highest BCUT2D eigenvalue weighted by Gasteiger charge is 2.15. The van der Waals surface area contributed by atoms with E-state index in [1.54, 1.807) is 12.1 Å². The zero-order valence-electron chi connectivity index (χ0n) is 8.51. The van der Waals surface area contributed by atoms with Gasteiger partial charge in [0.2, 0.25) is 6.29 Å². The number of esters is 1. The molecule has 1 aromatic rings. The Labute approximate surface area is 88.1 Å². The molecule has 1 rings (SSSR count). The van der Waals surface area contributed by atoms with E-state index in [1.807, 2.05) is 6.92 Å². The Balaban J connectivity index is 2.65. The lowest BCUT2D eigenvalue weighted by atomic mass is 10.2. The Morgan fingerprint density at radius 2 is 2.13 bits per heavy atom. The highest BCUT2D eigenvalue weighted by molar-refractivity contribution is 5.92. The van der Waals surface area contributed by atoms with Gasteiger partial charge in [-0.05, 0) is 12.1 Å². The fraction of sp³-hybridized carbons (Fsp3) is 0.364. The van der Waals surface area contributed by atoms with Gasteiger partial charge < -0.3 is 14.9 Å². The van der Waals surface area contributed by atoms with E-state index < -0.39 is 12.3 Å². The van der Waals surface area contributed by atoms with E-state index in [2.05, 4.69) is 0 Å². The molecule has 0 spiro atoms. The van der Waals surface area contributed by atoms with Gasteiger partial charge >= 0.3 is 5.97 Å². The van der Waals surface area contributed by atoms with E-state index in [-0.39, 0.29) is 11.3 Å². The minimum absolute atomic E-state index is 0.0626. The minimum Gasteiger partial charge on any atom is -0.507 e. The molecular weight excluding hydrogens is 196 g/mol. The molecule has 0 aromatic heterocycles. The van der Waals surface area contributed by atoms with Crippen LogP contribution in [0.15, 0.2) is 24.3 Å².